The van der Waals surface area contributed by atoms with E-state index in [0.29, 0.717) is 16.3 Å². The average molecular weight is 474 g/mol. The number of carbonyl (C=O) groups excluding carboxylic acids is 1. The van der Waals surface area contributed by atoms with Crippen LogP contribution in [0.2, 0.25) is 5.02 Å². The monoisotopic (exact) mass is 473 g/mol. The molecule has 0 radical (unpaired) electrons. The lowest BCUT2D eigenvalue weighted by molar-refractivity contribution is -0.125. The number of rotatable bonds is 6. The zero-order valence-electron chi connectivity index (χ0n) is 17.0. The van der Waals surface area contributed by atoms with Crippen LogP contribution in [0.15, 0.2) is 77.8 Å². The summed E-state index contributed by atoms with van der Waals surface area (Å²) in [5.74, 6) is -1.91. The molecule has 2 aromatic carbocycles. The highest BCUT2D eigenvalue weighted by Gasteiger charge is 2.43. The van der Waals surface area contributed by atoms with Crippen molar-refractivity contribution in [3.05, 3.63) is 95.0 Å². The van der Waals surface area contributed by atoms with Crippen LogP contribution < -0.4 is 5.32 Å². The van der Waals surface area contributed by atoms with Crippen LogP contribution in [0.25, 0.3) is 0 Å². The molecule has 4 rings (SSSR count). The molecule has 6 nitrogen and oxygen atoms in total. The number of aromatic nitrogens is 1. The molecule has 0 bridgehead atoms. The minimum atomic E-state index is -3.85. The highest BCUT2D eigenvalue weighted by molar-refractivity contribution is 7.89. The van der Waals surface area contributed by atoms with Gasteiger partial charge in [0.15, 0.2) is 0 Å². The molecule has 0 aliphatic carbocycles. The maximum atomic E-state index is 13.9. The largest absolute Gasteiger partial charge is 0.350 e. The second kappa shape index (κ2) is 9.36. The number of sulfonamides is 1. The Morgan fingerprint density at radius 2 is 1.88 bits per heavy atom. The third-order valence-corrected chi connectivity index (χ3v) is 7.62. The van der Waals surface area contributed by atoms with Crippen LogP contribution >= 0.6 is 11.6 Å². The number of amides is 1. The Hall–Kier alpha value is -2.81. The third-order valence-electron chi connectivity index (χ3n) is 5.52. The Morgan fingerprint density at radius 1 is 1.09 bits per heavy atom. The van der Waals surface area contributed by atoms with Gasteiger partial charge in [-0.05, 0) is 54.1 Å². The molecule has 1 aliphatic heterocycles. The van der Waals surface area contributed by atoms with E-state index in [1.807, 2.05) is 6.07 Å². The van der Waals surface area contributed by atoms with Gasteiger partial charge in [-0.25, -0.2) is 12.8 Å². The summed E-state index contributed by atoms with van der Waals surface area (Å²) in [5.41, 5.74) is 1.27. The fourth-order valence-corrected chi connectivity index (χ4v) is 5.49. The van der Waals surface area contributed by atoms with Gasteiger partial charge in [-0.1, -0.05) is 29.8 Å². The molecule has 1 fully saturated rings. The van der Waals surface area contributed by atoms with Crippen molar-refractivity contribution in [3.63, 3.8) is 0 Å². The van der Waals surface area contributed by atoms with Gasteiger partial charge in [0.1, 0.15) is 5.82 Å². The molecule has 2 atom stereocenters. The Labute approximate surface area is 191 Å². The second-order valence-electron chi connectivity index (χ2n) is 7.58. The van der Waals surface area contributed by atoms with E-state index in [0.717, 1.165) is 0 Å². The van der Waals surface area contributed by atoms with Crippen LogP contribution in [0.3, 0.4) is 0 Å². The predicted molar refractivity (Wildman–Crippen MR) is 119 cm³/mol. The lowest BCUT2D eigenvalue weighted by Crippen LogP contribution is -2.35. The lowest BCUT2D eigenvalue weighted by Gasteiger charge is -2.18. The Balaban J connectivity index is 1.60. The Kier molecular flexibility index (Phi) is 6.55. The summed E-state index contributed by atoms with van der Waals surface area (Å²) in [5, 5.41) is 3.27. The van der Waals surface area contributed by atoms with E-state index in [9.17, 15) is 17.6 Å². The Bertz CT molecular complexity index is 1210. The fraction of sp³-hybridized carbons (Fsp3) is 0.217. The first-order valence-electron chi connectivity index (χ1n) is 10.0. The highest BCUT2D eigenvalue weighted by Crippen LogP contribution is 2.36. The van der Waals surface area contributed by atoms with Crippen LogP contribution in [0.1, 0.15) is 17.2 Å². The van der Waals surface area contributed by atoms with Crippen molar-refractivity contribution >= 4 is 27.5 Å². The topological polar surface area (TPSA) is 79.4 Å². The van der Waals surface area contributed by atoms with Gasteiger partial charge < -0.3 is 5.32 Å². The number of hydrogen-bond donors (Lipinski definition) is 1. The molecule has 1 saturated heterocycles. The van der Waals surface area contributed by atoms with Crippen LogP contribution in [0, 0.1) is 11.7 Å². The molecule has 1 aliphatic rings. The molecule has 32 heavy (non-hydrogen) atoms. The molecular weight excluding hydrogens is 453 g/mol. The van der Waals surface area contributed by atoms with E-state index in [1.165, 1.54) is 40.7 Å². The fourth-order valence-electron chi connectivity index (χ4n) is 3.87. The number of carbonyl (C=O) groups is 1. The maximum absolute atomic E-state index is 13.9. The molecule has 0 spiro atoms. The summed E-state index contributed by atoms with van der Waals surface area (Å²) >= 11 is 5.89. The molecular formula is C23H21ClFN3O3S. The van der Waals surface area contributed by atoms with Gasteiger partial charge in [0, 0.05) is 30.2 Å². The zero-order valence-corrected chi connectivity index (χ0v) is 18.6. The normalized spacial score (nSPS) is 19.1. The summed E-state index contributed by atoms with van der Waals surface area (Å²) < 4.78 is 41.6. The number of nitrogens with zero attached hydrogens (tertiary/aromatic N) is 2. The van der Waals surface area contributed by atoms with Crippen LogP contribution in [-0.2, 0) is 21.4 Å². The number of pyridine rings is 1. The van der Waals surface area contributed by atoms with Gasteiger partial charge in [0.05, 0.1) is 23.1 Å². The second-order valence-corrected chi connectivity index (χ2v) is 9.96. The van der Waals surface area contributed by atoms with E-state index in [2.05, 4.69) is 10.3 Å². The minimum Gasteiger partial charge on any atom is -0.350 e. The molecule has 2 heterocycles. The summed E-state index contributed by atoms with van der Waals surface area (Å²) in [7, 11) is -3.85. The van der Waals surface area contributed by atoms with E-state index in [-0.39, 0.29) is 30.4 Å². The van der Waals surface area contributed by atoms with Crippen molar-refractivity contribution in [2.45, 2.75) is 17.4 Å². The standard InChI is InChI=1S/C23H21ClFN3O3S/c24-17-7-9-20(10-8-17)32(30,31)28-14-21(16-4-3-5-18(25)12-16)22(15-28)23(29)27-13-19-6-1-2-11-26-19/h1-12,21-22H,13-15H2,(H,27,29). The summed E-state index contributed by atoms with van der Waals surface area (Å²) in [4.78, 5) is 17.3. The molecule has 9 heteroatoms. The molecule has 1 N–H and O–H groups in total. The molecule has 3 aromatic rings. The summed E-state index contributed by atoms with van der Waals surface area (Å²) in [6.45, 7) is 0.270. The van der Waals surface area contributed by atoms with Crippen molar-refractivity contribution in [1.29, 1.82) is 0 Å². The summed E-state index contributed by atoms with van der Waals surface area (Å²) in [6, 6.07) is 17.2. The molecule has 2 unspecified atom stereocenters. The van der Waals surface area contributed by atoms with E-state index in [4.69, 9.17) is 11.6 Å². The van der Waals surface area contributed by atoms with Crippen LogP contribution in [0.5, 0.6) is 0 Å². The van der Waals surface area contributed by atoms with Crippen LogP contribution in [-0.4, -0.2) is 36.7 Å². The molecule has 1 amide bonds. The average Bonchev–Trinajstić information content (AvgIpc) is 3.25. The summed E-state index contributed by atoms with van der Waals surface area (Å²) in [6.07, 6.45) is 1.63. The first-order chi connectivity index (χ1) is 15.3. The van der Waals surface area contributed by atoms with Gasteiger partial charge in [0.2, 0.25) is 15.9 Å². The molecule has 0 saturated carbocycles. The number of benzene rings is 2. The maximum Gasteiger partial charge on any atom is 0.243 e. The first-order valence-corrected chi connectivity index (χ1v) is 11.9. The zero-order chi connectivity index (χ0) is 22.7. The lowest BCUT2D eigenvalue weighted by atomic mass is 9.88. The smallest absolute Gasteiger partial charge is 0.243 e. The third kappa shape index (κ3) is 4.82. The number of nitrogens with one attached hydrogen (secondary N) is 1. The number of halogens is 2. The van der Waals surface area contributed by atoms with Crippen molar-refractivity contribution in [2.24, 2.45) is 5.92 Å². The predicted octanol–water partition coefficient (Wildman–Crippen LogP) is 3.59. The van der Waals surface area contributed by atoms with Gasteiger partial charge in [-0.15, -0.1) is 0 Å². The first kappa shape index (κ1) is 22.4. The van der Waals surface area contributed by atoms with Crippen molar-refractivity contribution in [2.75, 3.05) is 13.1 Å². The highest BCUT2D eigenvalue weighted by atomic mass is 35.5. The minimum absolute atomic E-state index is 0.0137. The molecule has 166 valence electrons. The van der Waals surface area contributed by atoms with Gasteiger partial charge >= 0.3 is 0 Å². The van der Waals surface area contributed by atoms with Gasteiger partial charge in [-0.2, -0.15) is 4.31 Å². The van der Waals surface area contributed by atoms with Gasteiger partial charge in [-0.3, -0.25) is 9.78 Å². The van der Waals surface area contributed by atoms with Crippen molar-refractivity contribution < 1.29 is 17.6 Å². The van der Waals surface area contributed by atoms with Crippen LogP contribution in [0.4, 0.5) is 4.39 Å². The SMILES string of the molecule is O=C(NCc1ccccn1)C1CN(S(=O)(=O)c2ccc(Cl)cc2)CC1c1cccc(F)c1. The van der Waals surface area contributed by atoms with Crippen molar-refractivity contribution in [3.8, 4) is 0 Å². The van der Waals surface area contributed by atoms with E-state index >= 15 is 0 Å². The quantitative estimate of drug-likeness (QED) is 0.593. The van der Waals surface area contributed by atoms with Gasteiger partial charge in [0.25, 0.3) is 0 Å². The van der Waals surface area contributed by atoms with E-state index in [1.54, 1.807) is 30.5 Å². The molecule has 1 aromatic heterocycles. The van der Waals surface area contributed by atoms with Crippen molar-refractivity contribution in [1.82, 2.24) is 14.6 Å². The van der Waals surface area contributed by atoms with E-state index < -0.39 is 27.7 Å². The number of hydrogen-bond acceptors (Lipinski definition) is 4. The Morgan fingerprint density at radius 3 is 2.56 bits per heavy atom.